The predicted octanol–water partition coefficient (Wildman–Crippen LogP) is 9.58. The third-order valence-corrected chi connectivity index (χ3v) is 11.9. The molecule has 242 valence electrons. The van der Waals surface area contributed by atoms with E-state index in [2.05, 4.69) is 127 Å². The second-order valence-corrected chi connectivity index (χ2v) is 14.9. The summed E-state index contributed by atoms with van der Waals surface area (Å²) in [5.41, 5.74) is 17.5. The molecule has 0 saturated carbocycles. The van der Waals surface area contributed by atoms with Gasteiger partial charge in [-0.05, 0) is 133 Å². The van der Waals surface area contributed by atoms with Crippen LogP contribution in [0.4, 0.5) is 0 Å². The average Bonchev–Trinajstić information content (AvgIpc) is 3.03. The first-order valence-corrected chi connectivity index (χ1v) is 18.6. The van der Waals surface area contributed by atoms with Gasteiger partial charge in [-0.1, -0.05) is 82.3 Å². The van der Waals surface area contributed by atoms with Crippen molar-refractivity contribution in [2.45, 2.75) is 81.3 Å². The normalized spacial score (nSPS) is 11.0. The maximum Gasteiger partial charge on any atom is 0.221 e. The second-order valence-electron chi connectivity index (χ2n) is 12.2. The van der Waals surface area contributed by atoms with Crippen LogP contribution in [0.25, 0.3) is 22.3 Å². The molecule has 4 rings (SSSR count). The fraction of sp³-hybridized carbons (Fsp3) is 0.350. The highest BCUT2D eigenvalue weighted by molar-refractivity contribution is 8.76. The van der Waals surface area contributed by atoms with Gasteiger partial charge in [0.05, 0.1) is 0 Å². The molecular formula is C40H48N2O2S2. The van der Waals surface area contributed by atoms with Crippen molar-refractivity contribution >= 4 is 33.4 Å². The fourth-order valence-corrected chi connectivity index (χ4v) is 7.74. The highest BCUT2D eigenvalue weighted by atomic mass is 33.1. The summed E-state index contributed by atoms with van der Waals surface area (Å²) in [5, 5.41) is 6.18. The Balaban J connectivity index is 1.15. The van der Waals surface area contributed by atoms with Gasteiger partial charge in [0.2, 0.25) is 11.8 Å². The van der Waals surface area contributed by atoms with Crippen LogP contribution < -0.4 is 10.6 Å². The van der Waals surface area contributed by atoms with Crippen molar-refractivity contribution in [2.75, 3.05) is 11.5 Å². The number of aryl methyl sites for hydroxylation is 2. The first kappa shape index (κ1) is 35.4. The summed E-state index contributed by atoms with van der Waals surface area (Å²) in [4.78, 5) is 25.1. The lowest BCUT2D eigenvalue weighted by Gasteiger charge is -2.17. The van der Waals surface area contributed by atoms with Crippen molar-refractivity contribution in [1.82, 2.24) is 10.6 Å². The summed E-state index contributed by atoms with van der Waals surface area (Å²) < 4.78 is 0. The second kappa shape index (κ2) is 16.4. The van der Waals surface area contributed by atoms with E-state index in [0.717, 1.165) is 11.1 Å². The number of hydrogen-bond acceptors (Lipinski definition) is 4. The van der Waals surface area contributed by atoms with Crippen molar-refractivity contribution in [3.63, 3.8) is 0 Å². The van der Waals surface area contributed by atoms with Gasteiger partial charge in [-0.2, -0.15) is 0 Å². The Bertz CT molecular complexity index is 1600. The van der Waals surface area contributed by atoms with Gasteiger partial charge < -0.3 is 10.6 Å². The molecule has 4 nitrogen and oxygen atoms in total. The Morgan fingerprint density at radius 1 is 0.478 bits per heavy atom. The van der Waals surface area contributed by atoms with E-state index in [1.807, 2.05) is 0 Å². The molecule has 2 N–H and O–H groups in total. The van der Waals surface area contributed by atoms with E-state index in [1.165, 1.54) is 66.8 Å². The lowest BCUT2D eigenvalue weighted by atomic mass is 9.90. The van der Waals surface area contributed by atoms with Gasteiger partial charge in [0.25, 0.3) is 0 Å². The Labute approximate surface area is 284 Å². The molecular weight excluding hydrogens is 605 g/mol. The quantitative estimate of drug-likeness (QED) is 0.112. The molecule has 4 aromatic carbocycles. The highest BCUT2D eigenvalue weighted by Gasteiger charge is 2.13. The van der Waals surface area contributed by atoms with Crippen LogP contribution in [0.15, 0.2) is 60.7 Å². The molecule has 6 heteroatoms. The Morgan fingerprint density at radius 2 is 0.848 bits per heavy atom. The van der Waals surface area contributed by atoms with Gasteiger partial charge in [-0.15, -0.1) is 0 Å². The first-order chi connectivity index (χ1) is 22.0. The first-order valence-electron chi connectivity index (χ1n) is 16.1. The van der Waals surface area contributed by atoms with Crippen molar-refractivity contribution in [1.29, 1.82) is 0 Å². The minimum Gasteiger partial charge on any atom is -0.352 e. The molecule has 0 spiro atoms. The number of benzene rings is 4. The largest absolute Gasteiger partial charge is 0.352 e. The number of hydrogen-bond donors (Lipinski definition) is 2. The molecule has 0 radical (unpaired) electrons. The van der Waals surface area contributed by atoms with Gasteiger partial charge in [0.1, 0.15) is 0 Å². The summed E-state index contributed by atoms with van der Waals surface area (Å²) in [6.45, 7) is 18.3. The van der Waals surface area contributed by atoms with E-state index in [9.17, 15) is 9.59 Å². The molecule has 0 saturated heterocycles. The third-order valence-electron chi connectivity index (χ3n) is 9.45. The molecule has 0 aliphatic heterocycles. The number of carbonyl (C=O) groups excluding carboxylic acids is 2. The topological polar surface area (TPSA) is 58.2 Å². The summed E-state index contributed by atoms with van der Waals surface area (Å²) in [6, 6.07) is 21.5. The molecule has 2 amide bonds. The van der Waals surface area contributed by atoms with E-state index in [0.29, 0.717) is 37.4 Å². The summed E-state index contributed by atoms with van der Waals surface area (Å²) in [5.74, 6) is 1.53. The standard InChI is InChI=1S/C40H48N2O2S2/c1-25-11-9-13-35(27(25)3)37-17-15-33(29(5)31(37)7)23-41-39(43)19-21-45-46-22-20-40(44)42-24-34-16-18-38(32(8)30(34)6)36-14-10-12-26(2)28(36)4/h9-18H,19-24H2,1-8H3,(H,41,43)(H,42,44). The maximum atomic E-state index is 12.5. The number of rotatable bonds is 13. The van der Waals surface area contributed by atoms with E-state index >= 15 is 0 Å². The molecule has 0 aromatic heterocycles. The predicted molar refractivity (Wildman–Crippen MR) is 199 cm³/mol. The van der Waals surface area contributed by atoms with Crippen LogP contribution >= 0.6 is 21.6 Å². The Kier molecular flexibility index (Phi) is 12.6. The number of amides is 2. The van der Waals surface area contributed by atoms with Gasteiger partial charge in [-0.3, -0.25) is 9.59 Å². The molecule has 0 bridgehead atoms. The molecule has 4 aromatic rings. The molecule has 0 atom stereocenters. The summed E-state index contributed by atoms with van der Waals surface area (Å²) >= 11 is 0. The molecule has 0 fully saturated rings. The zero-order valence-electron chi connectivity index (χ0n) is 28.6. The molecule has 0 aliphatic rings. The van der Waals surface area contributed by atoms with Crippen LogP contribution in [0.5, 0.6) is 0 Å². The van der Waals surface area contributed by atoms with Gasteiger partial charge in [0, 0.05) is 37.4 Å². The minimum absolute atomic E-state index is 0.0516. The lowest BCUT2D eigenvalue weighted by Crippen LogP contribution is -2.24. The van der Waals surface area contributed by atoms with E-state index in [-0.39, 0.29) is 11.8 Å². The van der Waals surface area contributed by atoms with Crippen LogP contribution in [0, 0.1) is 55.4 Å². The van der Waals surface area contributed by atoms with Crippen molar-refractivity contribution < 1.29 is 9.59 Å². The zero-order chi connectivity index (χ0) is 33.4. The maximum absolute atomic E-state index is 12.5. The van der Waals surface area contributed by atoms with Gasteiger partial charge in [0.15, 0.2) is 0 Å². The molecule has 0 unspecified atom stereocenters. The van der Waals surface area contributed by atoms with Crippen LogP contribution in [-0.2, 0) is 22.7 Å². The summed E-state index contributed by atoms with van der Waals surface area (Å²) in [6.07, 6.45) is 0.915. The fourth-order valence-electron chi connectivity index (χ4n) is 5.76. The molecule has 0 aliphatic carbocycles. The van der Waals surface area contributed by atoms with Crippen LogP contribution in [0.1, 0.15) is 68.5 Å². The van der Waals surface area contributed by atoms with Crippen molar-refractivity contribution in [2.24, 2.45) is 0 Å². The SMILES string of the molecule is Cc1cccc(-c2ccc(CNC(=O)CCSSCCC(=O)NCc3ccc(-c4cccc(C)c4C)c(C)c3C)c(C)c2C)c1C. The van der Waals surface area contributed by atoms with E-state index in [4.69, 9.17) is 0 Å². The zero-order valence-corrected chi connectivity index (χ0v) is 30.3. The van der Waals surface area contributed by atoms with Gasteiger partial charge >= 0.3 is 0 Å². The van der Waals surface area contributed by atoms with Gasteiger partial charge in [-0.25, -0.2) is 0 Å². The third kappa shape index (κ3) is 8.65. The summed E-state index contributed by atoms with van der Waals surface area (Å²) in [7, 11) is 3.30. The Hall–Kier alpha value is -3.48. The van der Waals surface area contributed by atoms with Crippen LogP contribution in [0.2, 0.25) is 0 Å². The van der Waals surface area contributed by atoms with Crippen molar-refractivity contribution in [3.8, 4) is 22.3 Å². The minimum atomic E-state index is 0.0516. The number of carbonyl (C=O) groups is 2. The van der Waals surface area contributed by atoms with Crippen LogP contribution in [-0.4, -0.2) is 23.3 Å². The van der Waals surface area contributed by atoms with Crippen molar-refractivity contribution in [3.05, 3.63) is 116 Å². The van der Waals surface area contributed by atoms with Crippen LogP contribution in [0.3, 0.4) is 0 Å². The highest BCUT2D eigenvalue weighted by Crippen LogP contribution is 2.32. The molecule has 46 heavy (non-hydrogen) atoms. The number of nitrogens with one attached hydrogen (secondary N) is 2. The smallest absolute Gasteiger partial charge is 0.221 e. The lowest BCUT2D eigenvalue weighted by molar-refractivity contribution is -0.121. The Morgan fingerprint density at radius 3 is 1.24 bits per heavy atom. The van der Waals surface area contributed by atoms with E-state index in [1.54, 1.807) is 21.6 Å². The average molecular weight is 653 g/mol. The monoisotopic (exact) mass is 652 g/mol. The molecule has 0 heterocycles. The van der Waals surface area contributed by atoms with E-state index < -0.39 is 0 Å².